The van der Waals surface area contributed by atoms with Crippen molar-refractivity contribution in [3.05, 3.63) is 23.8 Å². The molecule has 0 unspecified atom stereocenters. The molecule has 0 fully saturated rings. The maximum atomic E-state index is 11.9. The second-order valence-corrected chi connectivity index (χ2v) is 3.91. The molecule has 0 saturated heterocycles. The molecule has 6 heteroatoms. The van der Waals surface area contributed by atoms with E-state index in [4.69, 9.17) is 11.0 Å². The molecule has 98 valence electrons. The average molecular weight is 257 g/mol. The summed E-state index contributed by atoms with van der Waals surface area (Å²) in [5, 5.41) is 11.7. The fraction of sp³-hybridized carbons (Fsp3) is 0.417. The van der Waals surface area contributed by atoms with Crippen LogP contribution in [0.4, 0.5) is 24.5 Å². The van der Waals surface area contributed by atoms with Gasteiger partial charge in [-0.05, 0) is 31.0 Å². The number of nitriles is 1. The summed E-state index contributed by atoms with van der Waals surface area (Å²) in [5.41, 5.74) is 6.98. The first-order valence-electron chi connectivity index (χ1n) is 5.52. The molecular formula is C12H14F3N3. The maximum Gasteiger partial charge on any atom is 0.389 e. The molecule has 0 aromatic heterocycles. The van der Waals surface area contributed by atoms with Gasteiger partial charge >= 0.3 is 6.18 Å². The van der Waals surface area contributed by atoms with Crippen LogP contribution < -0.4 is 11.1 Å². The highest BCUT2D eigenvalue weighted by Crippen LogP contribution is 2.22. The molecule has 0 radical (unpaired) electrons. The van der Waals surface area contributed by atoms with Gasteiger partial charge in [-0.25, -0.2) is 0 Å². The molecule has 1 rings (SSSR count). The van der Waals surface area contributed by atoms with E-state index >= 15 is 0 Å². The van der Waals surface area contributed by atoms with Crippen molar-refractivity contribution in [2.24, 2.45) is 0 Å². The average Bonchev–Trinajstić information content (AvgIpc) is 2.29. The Morgan fingerprint density at radius 3 is 2.61 bits per heavy atom. The zero-order valence-corrected chi connectivity index (χ0v) is 9.72. The zero-order chi connectivity index (χ0) is 13.6. The van der Waals surface area contributed by atoms with E-state index in [1.54, 1.807) is 18.2 Å². The van der Waals surface area contributed by atoms with Gasteiger partial charge in [0.1, 0.15) is 6.07 Å². The van der Waals surface area contributed by atoms with Crippen LogP contribution in [-0.4, -0.2) is 12.7 Å². The number of nitrogens with one attached hydrogen (secondary N) is 1. The molecule has 0 aliphatic heterocycles. The van der Waals surface area contributed by atoms with Gasteiger partial charge in [-0.15, -0.1) is 0 Å². The Morgan fingerprint density at radius 1 is 1.28 bits per heavy atom. The Bertz CT molecular complexity index is 435. The van der Waals surface area contributed by atoms with Gasteiger partial charge in [0, 0.05) is 24.3 Å². The number of hydrogen-bond donors (Lipinski definition) is 2. The van der Waals surface area contributed by atoms with Crippen LogP contribution in [0.15, 0.2) is 18.2 Å². The van der Waals surface area contributed by atoms with Crippen molar-refractivity contribution in [1.82, 2.24) is 0 Å². The summed E-state index contributed by atoms with van der Waals surface area (Å²) in [6, 6.07) is 6.81. The summed E-state index contributed by atoms with van der Waals surface area (Å²) < 4.78 is 35.6. The summed E-state index contributed by atoms with van der Waals surface area (Å²) in [7, 11) is 0. The first-order chi connectivity index (χ1) is 8.42. The summed E-state index contributed by atoms with van der Waals surface area (Å²) in [6.07, 6.45) is -4.34. The van der Waals surface area contributed by atoms with Crippen LogP contribution in [-0.2, 0) is 0 Å². The van der Waals surface area contributed by atoms with Crippen molar-refractivity contribution >= 4 is 11.4 Å². The summed E-state index contributed by atoms with van der Waals surface area (Å²) >= 11 is 0. The number of hydrogen-bond acceptors (Lipinski definition) is 3. The van der Waals surface area contributed by atoms with Crippen LogP contribution in [0.3, 0.4) is 0 Å². The monoisotopic (exact) mass is 257 g/mol. The molecule has 0 aliphatic carbocycles. The van der Waals surface area contributed by atoms with Gasteiger partial charge in [0.15, 0.2) is 0 Å². The molecule has 0 aliphatic rings. The highest BCUT2D eigenvalue weighted by Gasteiger charge is 2.25. The minimum Gasteiger partial charge on any atom is -0.398 e. The van der Waals surface area contributed by atoms with Crippen LogP contribution in [0.25, 0.3) is 0 Å². The van der Waals surface area contributed by atoms with E-state index in [-0.39, 0.29) is 6.42 Å². The Labute approximate surface area is 103 Å². The van der Waals surface area contributed by atoms with E-state index in [0.717, 1.165) is 0 Å². The third-order valence-corrected chi connectivity index (χ3v) is 2.39. The lowest BCUT2D eigenvalue weighted by atomic mass is 10.1. The van der Waals surface area contributed by atoms with Crippen molar-refractivity contribution in [2.75, 3.05) is 17.6 Å². The predicted molar refractivity (Wildman–Crippen MR) is 64.0 cm³/mol. The van der Waals surface area contributed by atoms with E-state index in [1.807, 2.05) is 6.07 Å². The van der Waals surface area contributed by atoms with Crippen LogP contribution in [0.5, 0.6) is 0 Å². The molecule has 1 aromatic carbocycles. The summed E-state index contributed by atoms with van der Waals surface area (Å²) in [4.78, 5) is 0. The maximum absolute atomic E-state index is 11.9. The molecule has 0 amide bonds. The van der Waals surface area contributed by atoms with Crippen molar-refractivity contribution in [1.29, 1.82) is 5.26 Å². The first kappa shape index (κ1) is 14.2. The van der Waals surface area contributed by atoms with Crippen molar-refractivity contribution in [3.63, 3.8) is 0 Å². The van der Waals surface area contributed by atoms with Gasteiger partial charge in [-0.2, -0.15) is 18.4 Å². The standard InChI is InChI=1S/C12H14F3N3/c13-12(14,15)5-1-2-6-18-10-3-4-11(17)9(7-10)8-16/h3-4,7,18H,1-2,5-6,17H2. The lowest BCUT2D eigenvalue weighted by Crippen LogP contribution is -2.08. The molecule has 1 aromatic rings. The number of benzene rings is 1. The number of nitrogens with zero attached hydrogens (tertiary/aromatic N) is 1. The topological polar surface area (TPSA) is 61.8 Å². The normalized spacial score (nSPS) is 11.0. The van der Waals surface area contributed by atoms with Crippen molar-refractivity contribution in [2.45, 2.75) is 25.4 Å². The summed E-state index contributed by atoms with van der Waals surface area (Å²) in [5.74, 6) is 0. The third-order valence-electron chi connectivity index (χ3n) is 2.39. The number of alkyl halides is 3. The van der Waals surface area contributed by atoms with Gasteiger partial charge in [0.25, 0.3) is 0 Å². The number of anilines is 2. The number of rotatable bonds is 5. The number of halogens is 3. The van der Waals surface area contributed by atoms with Gasteiger partial charge in [0.05, 0.1) is 5.56 Å². The van der Waals surface area contributed by atoms with Crippen LogP contribution in [0.1, 0.15) is 24.8 Å². The van der Waals surface area contributed by atoms with E-state index in [2.05, 4.69) is 5.32 Å². The van der Waals surface area contributed by atoms with E-state index < -0.39 is 12.6 Å². The van der Waals surface area contributed by atoms with Crippen molar-refractivity contribution < 1.29 is 13.2 Å². The van der Waals surface area contributed by atoms with Gasteiger partial charge in [-0.3, -0.25) is 0 Å². The quantitative estimate of drug-likeness (QED) is 0.628. The van der Waals surface area contributed by atoms with Gasteiger partial charge in [0.2, 0.25) is 0 Å². The largest absolute Gasteiger partial charge is 0.398 e. The fourth-order valence-corrected chi connectivity index (χ4v) is 1.45. The molecule has 3 N–H and O–H groups in total. The Kier molecular flexibility index (Phi) is 4.84. The second kappa shape index (κ2) is 6.15. The third kappa shape index (κ3) is 4.95. The van der Waals surface area contributed by atoms with Crippen molar-refractivity contribution in [3.8, 4) is 6.07 Å². The SMILES string of the molecule is N#Cc1cc(NCCCCC(F)(F)F)ccc1N. The molecule has 0 spiro atoms. The first-order valence-corrected chi connectivity index (χ1v) is 5.52. The number of unbranched alkanes of at least 4 members (excludes halogenated alkanes) is 1. The Morgan fingerprint density at radius 2 is 2.00 bits per heavy atom. The zero-order valence-electron chi connectivity index (χ0n) is 9.72. The highest BCUT2D eigenvalue weighted by atomic mass is 19.4. The minimum absolute atomic E-state index is 0.0938. The Hall–Kier alpha value is -1.90. The van der Waals surface area contributed by atoms with E-state index in [0.29, 0.717) is 29.9 Å². The number of nitrogens with two attached hydrogens (primary N) is 1. The second-order valence-electron chi connectivity index (χ2n) is 3.91. The number of nitrogen functional groups attached to an aromatic ring is 1. The highest BCUT2D eigenvalue weighted by molar-refractivity contribution is 5.61. The van der Waals surface area contributed by atoms with E-state index in [1.165, 1.54) is 0 Å². The van der Waals surface area contributed by atoms with E-state index in [9.17, 15) is 13.2 Å². The van der Waals surface area contributed by atoms with Gasteiger partial charge < -0.3 is 11.1 Å². The minimum atomic E-state index is -4.09. The lowest BCUT2D eigenvalue weighted by molar-refractivity contribution is -0.135. The molecule has 0 heterocycles. The molecule has 0 atom stereocenters. The smallest absolute Gasteiger partial charge is 0.389 e. The van der Waals surface area contributed by atoms with Gasteiger partial charge in [-0.1, -0.05) is 0 Å². The van der Waals surface area contributed by atoms with Crippen LogP contribution >= 0.6 is 0 Å². The molecule has 0 bridgehead atoms. The van der Waals surface area contributed by atoms with Crippen LogP contribution in [0.2, 0.25) is 0 Å². The predicted octanol–water partition coefficient (Wildman–Crippen LogP) is 3.28. The fourth-order valence-electron chi connectivity index (χ4n) is 1.45. The molecular weight excluding hydrogens is 243 g/mol. The molecule has 3 nitrogen and oxygen atoms in total. The Balaban J connectivity index is 2.34. The molecule has 18 heavy (non-hydrogen) atoms. The summed E-state index contributed by atoms with van der Waals surface area (Å²) in [6.45, 7) is 0.435. The van der Waals surface area contributed by atoms with Crippen LogP contribution in [0, 0.1) is 11.3 Å². The lowest BCUT2D eigenvalue weighted by Gasteiger charge is -2.08. The molecule has 0 saturated carbocycles.